The Morgan fingerprint density at radius 3 is 2.73 bits per heavy atom. The molecule has 0 aliphatic heterocycles. The molecule has 1 aliphatic carbocycles. The number of rotatable bonds is 5. The lowest BCUT2D eigenvalue weighted by atomic mass is 9.86. The summed E-state index contributed by atoms with van der Waals surface area (Å²) in [6.45, 7) is 0.500. The van der Waals surface area contributed by atoms with E-state index in [9.17, 15) is 4.79 Å². The summed E-state index contributed by atoms with van der Waals surface area (Å²) in [5.74, 6) is 0.872. The molecule has 3 heteroatoms. The van der Waals surface area contributed by atoms with E-state index in [1.54, 1.807) is 0 Å². The summed E-state index contributed by atoms with van der Waals surface area (Å²) < 4.78 is 0. The second kappa shape index (κ2) is 7.28. The molecule has 0 bridgehead atoms. The third kappa shape index (κ3) is 5.41. The monoisotopic (exact) mass is 208 g/mol. The molecular weight excluding hydrogens is 188 g/mol. The highest BCUT2D eigenvalue weighted by molar-refractivity contribution is 5.75. The van der Waals surface area contributed by atoms with E-state index >= 15 is 0 Å². The van der Waals surface area contributed by atoms with Gasteiger partial charge in [0.15, 0.2) is 0 Å². The minimum Gasteiger partial charge on any atom is -0.355 e. The van der Waals surface area contributed by atoms with Crippen LogP contribution in [0.15, 0.2) is 0 Å². The molecule has 0 aromatic carbocycles. The molecule has 1 rings (SSSR count). The van der Waals surface area contributed by atoms with Gasteiger partial charge in [-0.2, -0.15) is 5.26 Å². The van der Waals surface area contributed by atoms with Gasteiger partial charge in [0.25, 0.3) is 0 Å². The Morgan fingerprint density at radius 1 is 1.33 bits per heavy atom. The van der Waals surface area contributed by atoms with Crippen molar-refractivity contribution in [1.82, 2.24) is 5.32 Å². The largest absolute Gasteiger partial charge is 0.355 e. The summed E-state index contributed by atoms with van der Waals surface area (Å²) in [7, 11) is 0. The van der Waals surface area contributed by atoms with E-state index in [0.717, 1.165) is 12.3 Å². The average molecular weight is 208 g/mol. The third-order valence-electron chi connectivity index (χ3n) is 3.06. The van der Waals surface area contributed by atoms with Gasteiger partial charge in [0.2, 0.25) is 5.91 Å². The van der Waals surface area contributed by atoms with Crippen LogP contribution in [0.4, 0.5) is 0 Å². The van der Waals surface area contributed by atoms with Crippen LogP contribution in [0.3, 0.4) is 0 Å². The van der Waals surface area contributed by atoms with Crippen molar-refractivity contribution in [2.75, 3.05) is 6.54 Å². The van der Waals surface area contributed by atoms with E-state index in [4.69, 9.17) is 5.26 Å². The molecule has 0 saturated heterocycles. The van der Waals surface area contributed by atoms with Crippen LogP contribution in [0.25, 0.3) is 0 Å². The Morgan fingerprint density at radius 2 is 2.07 bits per heavy atom. The van der Waals surface area contributed by atoms with Crippen LogP contribution < -0.4 is 5.32 Å². The lowest BCUT2D eigenvalue weighted by Gasteiger charge is -2.20. The van der Waals surface area contributed by atoms with Crippen LogP contribution in [-0.2, 0) is 4.79 Å². The number of amides is 1. The van der Waals surface area contributed by atoms with Gasteiger partial charge in [-0.15, -0.1) is 0 Å². The predicted octanol–water partition coefficient (Wildman–Crippen LogP) is 2.38. The summed E-state index contributed by atoms with van der Waals surface area (Å²) in [6, 6.07) is 2.01. The predicted molar refractivity (Wildman–Crippen MR) is 59.0 cm³/mol. The summed E-state index contributed by atoms with van der Waals surface area (Å²) >= 11 is 0. The zero-order chi connectivity index (χ0) is 10.9. The lowest BCUT2D eigenvalue weighted by Crippen LogP contribution is -2.24. The Labute approximate surface area is 91.9 Å². The smallest absolute Gasteiger partial charge is 0.220 e. The first-order valence-corrected chi connectivity index (χ1v) is 5.96. The molecule has 15 heavy (non-hydrogen) atoms. The number of carbonyl (C=O) groups is 1. The van der Waals surface area contributed by atoms with Gasteiger partial charge in [-0.3, -0.25) is 4.79 Å². The van der Waals surface area contributed by atoms with Gasteiger partial charge in [0, 0.05) is 13.0 Å². The van der Waals surface area contributed by atoms with Crippen molar-refractivity contribution in [2.45, 2.75) is 51.4 Å². The fraction of sp³-hybridized carbons (Fsp3) is 0.833. The first kappa shape index (κ1) is 12.0. The molecule has 0 aromatic rings. The highest BCUT2D eigenvalue weighted by Crippen LogP contribution is 2.27. The van der Waals surface area contributed by atoms with Crippen LogP contribution in [0, 0.1) is 17.2 Å². The number of hydrogen-bond donors (Lipinski definition) is 1. The highest BCUT2D eigenvalue weighted by atomic mass is 16.1. The quantitative estimate of drug-likeness (QED) is 0.705. The van der Waals surface area contributed by atoms with Crippen LogP contribution in [0.2, 0.25) is 0 Å². The van der Waals surface area contributed by atoms with Gasteiger partial charge < -0.3 is 5.32 Å². The second-order valence-corrected chi connectivity index (χ2v) is 4.30. The topological polar surface area (TPSA) is 52.9 Å². The standard InChI is InChI=1S/C12H20N2O/c13-9-4-10-14-12(15)8-7-11-5-2-1-3-6-11/h11H,1-8,10H2,(H,14,15). The summed E-state index contributed by atoms with van der Waals surface area (Å²) in [5.41, 5.74) is 0. The Hall–Kier alpha value is -1.04. The SMILES string of the molecule is N#CCCNC(=O)CCC1CCCCC1. The van der Waals surface area contributed by atoms with Gasteiger partial charge in [-0.1, -0.05) is 32.1 Å². The zero-order valence-corrected chi connectivity index (χ0v) is 9.30. The molecule has 1 amide bonds. The van der Waals surface area contributed by atoms with E-state index in [1.165, 1.54) is 32.1 Å². The van der Waals surface area contributed by atoms with Crippen molar-refractivity contribution < 1.29 is 4.79 Å². The molecule has 1 N–H and O–H groups in total. The van der Waals surface area contributed by atoms with Crippen molar-refractivity contribution in [1.29, 1.82) is 5.26 Å². The molecule has 0 heterocycles. The molecular formula is C12H20N2O. The van der Waals surface area contributed by atoms with Crippen molar-refractivity contribution in [3.63, 3.8) is 0 Å². The molecule has 1 aliphatic rings. The number of nitrogens with one attached hydrogen (secondary N) is 1. The van der Waals surface area contributed by atoms with Gasteiger partial charge in [0.1, 0.15) is 0 Å². The maximum atomic E-state index is 11.3. The molecule has 0 atom stereocenters. The molecule has 84 valence electrons. The van der Waals surface area contributed by atoms with Gasteiger partial charge in [-0.05, 0) is 12.3 Å². The van der Waals surface area contributed by atoms with Crippen LogP contribution in [-0.4, -0.2) is 12.5 Å². The molecule has 0 radical (unpaired) electrons. The minimum absolute atomic E-state index is 0.107. The van der Waals surface area contributed by atoms with Crippen molar-refractivity contribution in [3.05, 3.63) is 0 Å². The van der Waals surface area contributed by atoms with Crippen molar-refractivity contribution in [2.24, 2.45) is 5.92 Å². The first-order chi connectivity index (χ1) is 7.33. The maximum absolute atomic E-state index is 11.3. The summed E-state index contributed by atoms with van der Waals surface area (Å²) in [5, 5.41) is 11.1. The number of hydrogen-bond acceptors (Lipinski definition) is 2. The molecule has 0 unspecified atom stereocenters. The Balaban J connectivity index is 2.03. The van der Waals surface area contributed by atoms with E-state index in [0.29, 0.717) is 19.4 Å². The molecule has 1 saturated carbocycles. The van der Waals surface area contributed by atoms with Crippen molar-refractivity contribution >= 4 is 5.91 Å². The normalized spacial score (nSPS) is 17.0. The van der Waals surface area contributed by atoms with E-state index in [2.05, 4.69) is 5.32 Å². The highest BCUT2D eigenvalue weighted by Gasteiger charge is 2.14. The maximum Gasteiger partial charge on any atom is 0.220 e. The number of nitrogens with zero attached hydrogens (tertiary/aromatic N) is 1. The van der Waals surface area contributed by atoms with Gasteiger partial charge in [0.05, 0.1) is 12.5 Å². The number of nitriles is 1. The minimum atomic E-state index is 0.107. The fourth-order valence-electron chi connectivity index (χ4n) is 2.16. The van der Waals surface area contributed by atoms with Gasteiger partial charge >= 0.3 is 0 Å². The molecule has 3 nitrogen and oxygen atoms in total. The molecule has 1 fully saturated rings. The average Bonchev–Trinajstić information content (AvgIpc) is 2.28. The van der Waals surface area contributed by atoms with Crippen molar-refractivity contribution in [3.8, 4) is 6.07 Å². The van der Waals surface area contributed by atoms with E-state index < -0.39 is 0 Å². The van der Waals surface area contributed by atoms with Crippen LogP contribution >= 0.6 is 0 Å². The number of carbonyl (C=O) groups excluding carboxylic acids is 1. The zero-order valence-electron chi connectivity index (χ0n) is 9.30. The molecule has 0 aromatic heterocycles. The Bertz CT molecular complexity index is 226. The molecule has 0 spiro atoms. The van der Waals surface area contributed by atoms with E-state index in [-0.39, 0.29) is 5.91 Å². The van der Waals surface area contributed by atoms with Gasteiger partial charge in [-0.25, -0.2) is 0 Å². The first-order valence-electron chi connectivity index (χ1n) is 5.96. The Kier molecular flexibility index (Phi) is 5.84. The van der Waals surface area contributed by atoms with Crippen LogP contribution in [0.5, 0.6) is 0 Å². The lowest BCUT2D eigenvalue weighted by molar-refractivity contribution is -0.121. The van der Waals surface area contributed by atoms with E-state index in [1.807, 2.05) is 6.07 Å². The third-order valence-corrected chi connectivity index (χ3v) is 3.06. The summed E-state index contributed by atoms with van der Waals surface area (Å²) in [4.78, 5) is 11.3. The second-order valence-electron chi connectivity index (χ2n) is 4.30. The van der Waals surface area contributed by atoms with Crippen LogP contribution in [0.1, 0.15) is 51.4 Å². The summed E-state index contributed by atoms with van der Waals surface area (Å²) in [6.07, 6.45) is 8.70. The fourth-order valence-corrected chi connectivity index (χ4v) is 2.16.